The second-order valence-corrected chi connectivity index (χ2v) is 5.47. The van der Waals surface area contributed by atoms with E-state index in [1.54, 1.807) is 12.3 Å². The van der Waals surface area contributed by atoms with Crippen LogP contribution in [0.3, 0.4) is 0 Å². The van der Waals surface area contributed by atoms with Gasteiger partial charge < -0.3 is 5.11 Å². The van der Waals surface area contributed by atoms with Crippen molar-refractivity contribution in [3.63, 3.8) is 0 Å². The maximum absolute atomic E-state index is 11.2. The third kappa shape index (κ3) is 3.04. The molecule has 0 fully saturated rings. The topological polar surface area (TPSA) is 63.1 Å². The number of rotatable bonds is 4. The maximum atomic E-state index is 11.2. The van der Waals surface area contributed by atoms with Gasteiger partial charge in [-0.05, 0) is 37.1 Å². The summed E-state index contributed by atoms with van der Waals surface area (Å²) < 4.78 is 0.962. The number of nitrogens with zero attached hydrogens (tertiary/aromatic N) is 2. The van der Waals surface area contributed by atoms with E-state index in [1.165, 1.54) is 0 Å². The van der Waals surface area contributed by atoms with E-state index >= 15 is 0 Å². The summed E-state index contributed by atoms with van der Waals surface area (Å²) in [4.78, 5) is 19.7. The quantitative estimate of drug-likeness (QED) is 0.923. The molecular weight excluding hydrogens is 320 g/mol. The minimum atomic E-state index is -0.893. The fourth-order valence-electron chi connectivity index (χ4n) is 2.03. The highest BCUT2D eigenvalue weighted by molar-refractivity contribution is 9.10. The first-order valence-electron chi connectivity index (χ1n) is 6.35. The highest BCUT2D eigenvalue weighted by atomic mass is 79.9. The van der Waals surface area contributed by atoms with Crippen LogP contribution in [0.4, 0.5) is 0 Å². The van der Waals surface area contributed by atoms with E-state index in [2.05, 4.69) is 25.9 Å². The standard InChI is InChI=1S/C15H15BrN2O2/c1-3-11(15(19)20)14-17-7-6-13(18-14)12-8-10(16)5-4-9(12)2/h4-8,11H,3H2,1-2H3,(H,19,20). The van der Waals surface area contributed by atoms with E-state index in [-0.39, 0.29) is 0 Å². The van der Waals surface area contributed by atoms with Crippen molar-refractivity contribution < 1.29 is 9.90 Å². The van der Waals surface area contributed by atoms with Gasteiger partial charge in [0.25, 0.3) is 0 Å². The second kappa shape index (κ2) is 6.13. The monoisotopic (exact) mass is 334 g/mol. The van der Waals surface area contributed by atoms with E-state index < -0.39 is 11.9 Å². The molecule has 104 valence electrons. The lowest BCUT2D eigenvalue weighted by Gasteiger charge is -2.11. The lowest BCUT2D eigenvalue weighted by Crippen LogP contribution is -2.14. The van der Waals surface area contributed by atoms with Crippen LogP contribution in [0.15, 0.2) is 34.9 Å². The summed E-state index contributed by atoms with van der Waals surface area (Å²) in [6.45, 7) is 3.82. The fraction of sp³-hybridized carbons (Fsp3) is 0.267. The summed E-state index contributed by atoms with van der Waals surface area (Å²) in [6.07, 6.45) is 2.08. The Morgan fingerprint density at radius 3 is 2.80 bits per heavy atom. The number of hydrogen-bond donors (Lipinski definition) is 1. The highest BCUT2D eigenvalue weighted by Gasteiger charge is 2.21. The van der Waals surface area contributed by atoms with Gasteiger partial charge in [-0.15, -0.1) is 0 Å². The van der Waals surface area contributed by atoms with Crippen molar-refractivity contribution >= 4 is 21.9 Å². The number of carbonyl (C=O) groups is 1. The SMILES string of the molecule is CCC(C(=O)O)c1nccc(-c2cc(Br)ccc2C)n1. The smallest absolute Gasteiger partial charge is 0.314 e. The Morgan fingerprint density at radius 2 is 2.15 bits per heavy atom. The average Bonchev–Trinajstić information content (AvgIpc) is 2.42. The van der Waals surface area contributed by atoms with Gasteiger partial charge in [-0.2, -0.15) is 0 Å². The number of benzene rings is 1. The number of carboxylic acids is 1. The molecule has 0 amide bonds. The van der Waals surface area contributed by atoms with E-state index in [9.17, 15) is 9.90 Å². The minimum absolute atomic E-state index is 0.358. The molecule has 1 unspecified atom stereocenters. The van der Waals surface area contributed by atoms with E-state index in [4.69, 9.17) is 0 Å². The molecule has 1 N–H and O–H groups in total. The second-order valence-electron chi connectivity index (χ2n) is 4.56. The molecule has 20 heavy (non-hydrogen) atoms. The molecule has 0 saturated carbocycles. The lowest BCUT2D eigenvalue weighted by molar-refractivity contribution is -0.139. The van der Waals surface area contributed by atoms with Crippen LogP contribution in [0.1, 0.15) is 30.7 Å². The van der Waals surface area contributed by atoms with Crippen LogP contribution in [0.25, 0.3) is 11.3 Å². The minimum Gasteiger partial charge on any atom is -0.481 e. The van der Waals surface area contributed by atoms with Gasteiger partial charge in [0.2, 0.25) is 0 Å². The molecule has 0 spiro atoms. The predicted molar refractivity (Wildman–Crippen MR) is 80.6 cm³/mol. The third-order valence-electron chi connectivity index (χ3n) is 3.17. The molecule has 1 atom stereocenters. The van der Waals surface area contributed by atoms with Crippen molar-refractivity contribution in [1.82, 2.24) is 9.97 Å². The van der Waals surface area contributed by atoms with Gasteiger partial charge in [-0.3, -0.25) is 4.79 Å². The summed E-state index contributed by atoms with van der Waals surface area (Å²) >= 11 is 3.44. The number of aryl methyl sites for hydroxylation is 1. The van der Waals surface area contributed by atoms with Crippen molar-refractivity contribution in [3.05, 3.63) is 46.3 Å². The first-order chi connectivity index (χ1) is 9.52. The molecule has 1 aromatic heterocycles. The number of halogens is 1. The molecule has 0 aliphatic rings. The zero-order chi connectivity index (χ0) is 14.7. The zero-order valence-corrected chi connectivity index (χ0v) is 12.9. The Balaban J connectivity index is 2.49. The van der Waals surface area contributed by atoms with Gasteiger partial charge >= 0.3 is 5.97 Å². The number of carboxylic acid groups (broad SMARTS) is 1. The summed E-state index contributed by atoms with van der Waals surface area (Å²) in [7, 11) is 0. The third-order valence-corrected chi connectivity index (χ3v) is 3.66. The van der Waals surface area contributed by atoms with Gasteiger partial charge in [0.15, 0.2) is 0 Å². The van der Waals surface area contributed by atoms with Crippen molar-refractivity contribution in [3.8, 4) is 11.3 Å². The van der Waals surface area contributed by atoms with Gasteiger partial charge in [0, 0.05) is 16.2 Å². The molecule has 0 radical (unpaired) electrons. The molecular formula is C15H15BrN2O2. The molecule has 0 aliphatic heterocycles. The normalized spacial score (nSPS) is 12.2. The zero-order valence-electron chi connectivity index (χ0n) is 11.3. The highest BCUT2D eigenvalue weighted by Crippen LogP contribution is 2.26. The molecule has 0 aliphatic carbocycles. The van der Waals surface area contributed by atoms with E-state index in [0.717, 1.165) is 21.3 Å². The van der Waals surface area contributed by atoms with Crippen molar-refractivity contribution in [2.75, 3.05) is 0 Å². The molecule has 1 heterocycles. The van der Waals surface area contributed by atoms with Crippen LogP contribution in [0.2, 0.25) is 0 Å². The van der Waals surface area contributed by atoms with Crippen LogP contribution in [0, 0.1) is 6.92 Å². The molecule has 0 saturated heterocycles. The summed E-state index contributed by atoms with van der Waals surface area (Å²) in [5.41, 5.74) is 2.80. The van der Waals surface area contributed by atoms with Gasteiger partial charge in [0.05, 0.1) is 5.69 Å². The summed E-state index contributed by atoms with van der Waals surface area (Å²) in [5, 5.41) is 9.20. The van der Waals surface area contributed by atoms with Gasteiger partial charge in [-0.25, -0.2) is 9.97 Å². The Morgan fingerprint density at radius 1 is 1.40 bits per heavy atom. The maximum Gasteiger partial charge on any atom is 0.314 e. The molecule has 2 rings (SSSR count). The first-order valence-corrected chi connectivity index (χ1v) is 7.14. The van der Waals surface area contributed by atoms with E-state index in [0.29, 0.717) is 12.2 Å². The first kappa shape index (κ1) is 14.7. The Bertz CT molecular complexity index is 644. The molecule has 0 bridgehead atoms. The Kier molecular flexibility index (Phi) is 4.49. The van der Waals surface area contributed by atoms with Crippen molar-refractivity contribution in [2.24, 2.45) is 0 Å². The predicted octanol–water partition coefficient (Wildman–Crippen LogP) is 3.79. The molecule has 1 aromatic carbocycles. The molecule has 5 heteroatoms. The van der Waals surface area contributed by atoms with Crippen LogP contribution in [0.5, 0.6) is 0 Å². The molecule has 4 nitrogen and oxygen atoms in total. The number of hydrogen-bond acceptors (Lipinski definition) is 3. The molecule has 2 aromatic rings. The number of aromatic nitrogens is 2. The Hall–Kier alpha value is -1.75. The van der Waals surface area contributed by atoms with Crippen LogP contribution in [-0.2, 0) is 4.79 Å². The summed E-state index contributed by atoms with van der Waals surface area (Å²) in [5.74, 6) is -1.20. The average molecular weight is 335 g/mol. The van der Waals surface area contributed by atoms with Crippen LogP contribution in [-0.4, -0.2) is 21.0 Å². The van der Waals surface area contributed by atoms with Crippen molar-refractivity contribution in [2.45, 2.75) is 26.2 Å². The van der Waals surface area contributed by atoms with Crippen LogP contribution >= 0.6 is 15.9 Å². The Labute approximate surface area is 126 Å². The summed E-state index contributed by atoms with van der Waals surface area (Å²) in [6, 6.07) is 7.73. The van der Waals surface area contributed by atoms with Crippen LogP contribution < -0.4 is 0 Å². The lowest BCUT2D eigenvalue weighted by atomic mass is 10.0. The van der Waals surface area contributed by atoms with Gasteiger partial charge in [0.1, 0.15) is 11.7 Å². The van der Waals surface area contributed by atoms with E-state index in [1.807, 2.05) is 32.0 Å². The number of aliphatic carboxylic acids is 1. The van der Waals surface area contributed by atoms with Gasteiger partial charge in [-0.1, -0.05) is 28.9 Å². The largest absolute Gasteiger partial charge is 0.481 e. The van der Waals surface area contributed by atoms with Crippen molar-refractivity contribution in [1.29, 1.82) is 0 Å². The fourth-order valence-corrected chi connectivity index (χ4v) is 2.39.